The van der Waals surface area contributed by atoms with Crippen LogP contribution in [-0.4, -0.2) is 43.7 Å². The van der Waals surface area contributed by atoms with E-state index in [2.05, 4.69) is 21.9 Å². The Bertz CT molecular complexity index is 413. The Balaban J connectivity index is 1.67. The molecule has 0 aliphatic heterocycles. The topological polar surface area (TPSA) is 54.7 Å². The second-order valence-electron chi connectivity index (χ2n) is 4.79. The smallest absolute Gasteiger partial charge is 0.373 e. The molecule has 1 aliphatic carbocycles. The van der Waals surface area contributed by atoms with Crippen molar-refractivity contribution in [3.8, 4) is 0 Å². The van der Waals surface area contributed by atoms with Crippen LogP contribution in [0, 0.1) is 0 Å². The quantitative estimate of drug-likeness (QED) is 0.572. The Morgan fingerprint density at radius 1 is 1.53 bits per heavy atom. The van der Waals surface area contributed by atoms with Gasteiger partial charge in [0.25, 0.3) is 0 Å². The van der Waals surface area contributed by atoms with E-state index in [1.165, 1.54) is 20.0 Å². The van der Waals surface area contributed by atoms with Crippen LogP contribution in [0.4, 0.5) is 0 Å². The molecule has 106 valence electrons. The summed E-state index contributed by atoms with van der Waals surface area (Å²) in [5.41, 5.74) is 0. The molecule has 1 fully saturated rings. The number of rotatable bonds is 8. The fourth-order valence-electron chi connectivity index (χ4n) is 2.16. The molecule has 0 bridgehead atoms. The summed E-state index contributed by atoms with van der Waals surface area (Å²) in [5, 5.41) is 3.33. The summed E-state index contributed by atoms with van der Waals surface area (Å²) in [7, 11) is 1.35. The van der Waals surface area contributed by atoms with Crippen LogP contribution in [0.25, 0.3) is 0 Å². The molecule has 1 N–H and O–H groups in total. The van der Waals surface area contributed by atoms with Gasteiger partial charge in [-0.15, -0.1) is 0 Å². The highest BCUT2D eigenvalue weighted by molar-refractivity contribution is 5.86. The maximum absolute atomic E-state index is 11.2. The van der Waals surface area contributed by atoms with E-state index in [9.17, 15) is 4.79 Å². The second-order valence-corrected chi connectivity index (χ2v) is 4.79. The molecule has 1 aromatic heterocycles. The third-order valence-electron chi connectivity index (χ3n) is 3.39. The van der Waals surface area contributed by atoms with E-state index in [0.29, 0.717) is 6.54 Å². The second kappa shape index (κ2) is 6.73. The van der Waals surface area contributed by atoms with Gasteiger partial charge in [0.1, 0.15) is 5.76 Å². The first kappa shape index (κ1) is 14.1. The number of carbonyl (C=O) groups excluding carboxylic acids is 1. The fraction of sp³-hybridized carbons (Fsp3) is 0.643. The van der Waals surface area contributed by atoms with E-state index in [0.717, 1.165) is 31.4 Å². The molecule has 2 rings (SSSR count). The van der Waals surface area contributed by atoms with Crippen LogP contribution in [0.2, 0.25) is 0 Å². The summed E-state index contributed by atoms with van der Waals surface area (Å²) in [4.78, 5) is 13.7. The maximum Gasteiger partial charge on any atom is 0.373 e. The minimum absolute atomic E-state index is 0.257. The largest absolute Gasteiger partial charge is 0.463 e. The molecule has 5 heteroatoms. The van der Waals surface area contributed by atoms with Crippen LogP contribution in [0.5, 0.6) is 0 Å². The number of esters is 1. The van der Waals surface area contributed by atoms with Gasteiger partial charge in [0.15, 0.2) is 0 Å². The summed E-state index contributed by atoms with van der Waals surface area (Å²) in [5.74, 6) is 0.583. The first-order valence-corrected chi connectivity index (χ1v) is 6.86. The average molecular weight is 266 g/mol. The van der Waals surface area contributed by atoms with Gasteiger partial charge in [0.2, 0.25) is 5.76 Å². The van der Waals surface area contributed by atoms with Crippen LogP contribution in [0.15, 0.2) is 16.5 Å². The number of nitrogens with one attached hydrogen (secondary N) is 1. The molecule has 0 unspecified atom stereocenters. The van der Waals surface area contributed by atoms with Crippen molar-refractivity contribution in [1.29, 1.82) is 0 Å². The highest BCUT2D eigenvalue weighted by Crippen LogP contribution is 2.25. The summed E-state index contributed by atoms with van der Waals surface area (Å²) >= 11 is 0. The zero-order valence-electron chi connectivity index (χ0n) is 11.6. The minimum Gasteiger partial charge on any atom is -0.463 e. The molecular formula is C14H22N2O3. The molecule has 1 saturated carbocycles. The Labute approximate surface area is 113 Å². The van der Waals surface area contributed by atoms with E-state index in [4.69, 9.17) is 4.42 Å². The summed E-state index contributed by atoms with van der Waals surface area (Å²) < 4.78 is 9.97. The molecule has 0 amide bonds. The minimum atomic E-state index is -0.433. The molecule has 19 heavy (non-hydrogen) atoms. The van der Waals surface area contributed by atoms with Crippen LogP contribution in [0.1, 0.15) is 36.1 Å². The van der Waals surface area contributed by atoms with Crippen molar-refractivity contribution in [2.24, 2.45) is 0 Å². The number of methoxy groups -OCH3 is 1. The molecule has 5 nitrogen and oxygen atoms in total. The fourth-order valence-corrected chi connectivity index (χ4v) is 2.16. The van der Waals surface area contributed by atoms with Crippen LogP contribution in [0.3, 0.4) is 0 Å². The van der Waals surface area contributed by atoms with Gasteiger partial charge in [0.05, 0.1) is 13.7 Å². The number of nitrogens with zero attached hydrogens (tertiary/aromatic N) is 1. The maximum atomic E-state index is 11.2. The zero-order chi connectivity index (χ0) is 13.7. The molecule has 1 aliphatic rings. The Kier molecular flexibility index (Phi) is 4.99. The van der Waals surface area contributed by atoms with Crippen molar-refractivity contribution in [1.82, 2.24) is 10.2 Å². The molecule has 0 saturated heterocycles. The molecular weight excluding hydrogens is 244 g/mol. The van der Waals surface area contributed by atoms with Gasteiger partial charge in [-0.3, -0.25) is 4.90 Å². The van der Waals surface area contributed by atoms with E-state index in [1.54, 1.807) is 12.1 Å². The molecule has 0 aromatic carbocycles. The van der Waals surface area contributed by atoms with E-state index in [1.807, 2.05) is 0 Å². The van der Waals surface area contributed by atoms with Gasteiger partial charge >= 0.3 is 5.97 Å². The highest BCUT2D eigenvalue weighted by atomic mass is 16.5. The lowest BCUT2D eigenvalue weighted by atomic mass is 10.4. The molecule has 0 radical (unpaired) electrons. The molecule has 0 atom stereocenters. The zero-order valence-corrected chi connectivity index (χ0v) is 11.6. The van der Waals surface area contributed by atoms with E-state index >= 15 is 0 Å². The first-order chi connectivity index (χ1) is 9.24. The van der Waals surface area contributed by atoms with Crippen molar-refractivity contribution < 1.29 is 13.9 Å². The van der Waals surface area contributed by atoms with E-state index in [-0.39, 0.29) is 5.76 Å². The third kappa shape index (κ3) is 4.08. The molecule has 1 heterocycles. The predicted molar refractivity (Wildman–Crippen MR) is 72.0 cm³/mol. The highest BCUT2D eigenvalue weighted by Gasteiger charge is 2.26. The van der Waals surface area contributed by atoms with E-state index < -0.39 is 5.97 Å². The van der Waals surface area contributed by atoms with Crippen molar-refractivity contribution >= 4 is 5.97 Å². The van der Waals surface area contributed by atoms with Crippen LogP contribution in [-0.2, 0) is 11.3 Å². The Hall–Kier alpha value is -1.33. The summed E-state index contributed by atoms with van der Waals surface area (Å²) in [6.07, 6.45) is 2.68. The van der Waals surface area contributed by atoms with Crippen molar-refractivity contribution in [3.05, 3.63) is 23.7 Å². The molecule has 1 aromatic rings. The number of likely N-dealkylation sites (N-methyl/N-ethyl adjacent to an activating group) is 1. The van der Waals surface area contributed by atoms with Gasteiger partial charge in [-0.2, -0.15) is 0 Å². The van der Waals surface area contributed by atoms with Crippen LogP contribution >= 0.6 is 0 Å². The monoisotopic (exact) mass is 266 g/mol. The lowest BCUT2D eigenvalue weighted by molar-refractivity contribution is 0.0563. The SMILES string of the molecule is CCN(CCNCc1ccc(C(=O)OC)o1)C1CC1. The van der Waals surface area contributed by atoms with Gasteiger partial charge in [-0.1, -0.05) is 6.92 Å². The number of carbonyl (C=O) groups is 1. The van der Waals surface area contributed by atoms with Gasteiger partial charge < -0.3 is 14.5 Å². The lowest BCUT2D eigenvalue weighted by Gasteiger charge is -2.19. The standard InChI is InChI=1S/C14H22N2O3/c1-3-16(11-4-5-11)9-8-15-10-12-6-7-13(19-12)14(17)18-2/h6-7,11,15H,3-5,8-10H2,1-2H3. The first-order valence-electron chi connectivity index (χ1n) is 6.86. The number of furan rings is 1. The number of hydrogen-bond acceptors (Lipinski definition) is 5. The van der Waals surface area contributed by atoms with Gasteiger partial charge in [-0.25, -0.2) is 4.79 Å². The van der Waals surface area contributed by atoms with Crippen molar-refractivity contribution in [3.63, 3.8) is 0 Å². The van der Waals surface area contributed by atoms with Gasteiger partial charge in [0, 0.05) is 19.1 Å². The molecule has 0 spiro atoms. The number of ether oxygens (including phenoxy) is 1. The Morgan fingerprint density at radius 3 is 2.95 bits per heavy atom. The summed E-state index contributed by atoms with van der Waals surface area (Å²) in [6, 6.07) is 4.25. The Morgan fingerprint density at radius 2 is 2.32 bits per heavy atom. The summed E-state index contributed by atoms with van der Waals surface area (Å²) in [6.45, 7) is 5.94. The predicted octanol–water partition coefficient (Wildman–Crippen LogP) is 1.64. The van der Waals surface area contributed by atoms with Crippen molar-refractivity contribution in [2.75, 3.05) is 26.7 Å². The number of hydrogen-bond donors (Lipinski definition) is 1. The van der Waals surface area contributed by atoms with Crippen molar-refractivity contribution in [2.45, 2.75) is 32.4 Å². The third-order valence-corrected chi connectivity index (χ3v) is 3.39. The van der Waals surface area contributed by atoms with Gasteiger partial charge in [-0.05, 0) is 31.5 Å². The lowest BCUT2D eigenvalue weighted by Crippen LogP contribution is -2.33. The van der Waals surface area contributed by atoms with Crippen LogP contribution < -0.4 is 5.32 Å². The normalized spacial score (nSPS) is 14.9. The average Bonchev–Trinajstić information content (AvgIpc) is 3.16.